The number of carbonyl (C=O) groups excluding carboxylic acids is 4. The number of halogens is 5. The van der Waals surface area contributed by atoms with Crippen LogP contribution in [0.25, 0.3) is 0 Å². The molecule has 0 radical (unpaired) electrons. The Morgan fingerprint density at radius 2 is 1.62 bits per heavy atom. The van der Waals surface area contributed by atoms with Gasteiger partial charge in [-0.2, -0.15) is 8.78 Å². The third-order valence-electron chi connectivity index (χ3n) is 9.12. The van der Waals surface area contributed by atoms with E-state index in [1.165, 1.54) is 4.90 Å². The molecule has 1 aliphatic heterocycles. The maximum absolute atomic E-state index is 14.6. The molecule has 1 N–H and O–H groups in total. The lowest BCUT2D eigenvalue weighted by Crippen LogP contribution is -2.59. The molecule has 0 saturated carbocycles. The number of benzene rings is 1. The standard InChI is InChI=1S/C36H49F5N4O7S/c1-9-20(6)31(43-33(47)23-12-10-11-13-44(23)8)35(48)45(17-50-15-18(2)3)24(19(4)5)14-25(51-21(7)46)34-42-22(16-53-34)36(49)52-32-29(40)27(38)26(37)28(39)30(32)41/h16,18-20,23-25,31H,9-15,17H2,1-8H3,(H,43,47)/t20?,23-,24-,25-,31?/m1/s1. The molecule has 0 aliphatic carbocycles. The van der Waals surface area contributed by atoms with Gasteiger partial charge in [-0.15, -0.1) is 11.3 Å². The average Bonchev–Trinajstić information content (AvgIpc) is 3.61. The van der Waals surface area contributed by atoms with Crippen LogP contribution in [0.15, 0.2) is 5.38 Å². The molecular formula is C36H49F5N4O7S. The normalized spacial score (nSPS) is 17.3. The molecule has 1 aromatic carbocycles. The van der Waals surface area contributed by atoms with E-state index in [-0.39, 0.29) is 47.9 Å². The van der Waals surface area contributed by atoms with Crippen LogP contribution in [0.4, 0.5) is 22.0 Å². The first kappa shape index (κ1) is 43.7. The van der Waals surface area contributed by atoms with Gasteiger partial charge in [0.25, 0.3) is 0 Å². The predicted octanol–water partition coefficient (Wildman–Crippen LogP) is 6.55. The summed E-state index contributed by atoms with van der Waals surface area (Å²) in [4.78, 5) is 60.9. The molecule has 17 heteroatoms. The first-order valence-corrected chi connectivity index (χ1v) is 18.5. The van der Waals surface area contributed by atoms with Gasteiger partial charge in [-0.25, -0.2) is 22.9 Å². The Hall–Kier alpha value is -3.70. The van der Waals surface area contributed by atoms with Gasteiger partial charge in [-0.3, -0.25) is 19.3 Å². The molecule has 2 amide bonds. The monoisotopic (exact) mass is 776 g/mol. The number of esters is 2. The molecule has 5 atom stereocenters. The summed E-state index contributed by atoms with van der Waals surface area (Å²) in [5.41, 5.74) is -0.562. The van der Waals surface area contributed by atoms with Gasteiger partial charge in [0.15, 0.2) is 11.8 Å². The second-order valence-electron chi connectivity index (χ2n) is 14.1. The summed E-state index contributed by atoms with van der Waals surface area (Å²) in [6.07, 6.45) is 1.87. The Bertz CT molecular complexity index is 1580. The summed E-state index contributed by atoms with van der Waals surface area (Å²) >= 11 is 0.809. The van der Waals surface area contributed by atoms with Crippen LogP contribution >= 0.6 is 11.3 Å². The van der Waals surface area contributed by atoms with E-state index in [2.05, 4.69) is 15.0 Å². The SMILES string of the molecule is CCC(C)C(NC(=O)[C@H]1CCCCN1C)C(=O)N(COCC(C)C)[C@H](C[C@@H](OC(C)=O)c1nc(C(=O)Oc2c(F)c(F)c(F)c(F)c2F)cs1)C(C)C. The highest BCUT2D eigenvalue weighted by Crippen LogP contribution is 2.33. The van der Waals surface area contributed by atoms with Crippen molar-refractivity contribution >= 4 is 35.1 Å². The average molecular weight is 777 g/mol. The summed E-state index contributed by atoms with van der Waals surface area (Å²) in [6, 6.07) is -1.99. The molecule has 2 unspecified atom stereocenters. The summed E-state index contributed by atoms with van der Waals surface area (Å²) in [5.74, 6) is -16.8. The van der Waals surface area contributed by atoms with Crippen molar-refractivity contribution in [1.82, 2.24) is 20.1 Å². The number of thiazole rings is 1. The molecule has 1 aliphatic rings. The number of hydrogen-bond acceptors (Lipinski definition) is 10. The van der Waals surface area contributed by atoms with Gasteiger partial charge in [0, 0.05) is 24.8 Å². The van der Waals surface area contributed by atoms with E-state index in [1.807, 2.05) is 53.5 Å². The second kappa shape index (κ2) is 19.6. The zero-order valence-electron chi connectivity index (χ0n) is 31.3. The molecule has 2 heterocycles. The van der Waals surface area contributed by atoms with Crippen molar-refractivity contribution in [3.05, 3.63) is 45.2 Å². The van der Waals surface area contributed by atoms with Crippen LogP contribution in [0.3, 0.4) is 0 Å². The zero-order chi connectivity index (χ0) is 39.7. The zero-order valence-corrected chi connectivity index (χ0v) is 32.1. The molecule has 0 spiro atoms. The number of likely N-dealkylation sites (tertiary alicyclic amines) is 1. The van der Waals surface area contributed by atoms with Crippen molar-refractivity contribution in [2.24, 2.45) is 17.8 Å². The van der Waals surface area contributed by atoms with Crippen LogP contribution in [0, 0.1) is 46.8 Å². The van der Waals surface area contributed by atoms with Crippen LogP contribution in [0.1, 0.15) is 102 Å². The van der Waals surface area contributed by atoms with E-state index >= 15 is 0 Å². The van der Waals surface area contributed by atoms with Gasteiger partial charge >= 0.3 is 11.9 Å². The number of ether oxygens (including phenoxy) is 3. The number of carbonyl (C=O) groups is 4. The molecule has 2 aromatic rings. The van der Waals surface area contributed by atoms with E-state index < -0.39 is 76.6 Å². The van der Waals surface area contributed by atoms with Gasteiger partial charge in [0.1, 0.15) is 17.8 Å². The van der Waals surface area contributed by atoms with E-state index in [0.717, 1.165) is 43.0 Å². The van der Waals surface area contributed by atoms with Gasteiger partial charge in [-0.1, -0.05) is 54.4 Å². The first-order valence-electron chi connectivity index (χ1n) is 17.6. The van der Waals surface area contributed by atoms with Crippen LogP contribution in [0.2, 0.25) is 0 Å². The minimum Gasteiger partial charge on any atom is -0.455 e. The van der Waals surface area contributed by atoms with E-state index in [4.69, 9.17) is 9.47 Å². The van der Waals surface area contributed by atoms with E-state index in [1.54, 1.807) is 0 Å². The number of hydrogen-bond donors (Lipinski definition) is 1. The lowest BCUT2D eigenvalue weighted by atomic mass is 9.92. The Kier molecular flexibility index (Phi) is 16.1. The predicted molar refractivity (Wildman–Crippen MR) is 185 cm³/mol. The van der Waals surface area contributed by atoms with Crippen molar-refractivity contribution < 1.29 is 55.3 Å². The number of rotatable bonds is 17. The number of piperidine rings is 1. The lowest BCUT2D eigenvalue weighted by molar-refractivity contribution is -0.153. The molecule has 296 valence electrons. The number of likely N-dealkylation sites (N-methyl/N-ethyl adjacent to an activating group) is 1. The fourth-order valence-corrected chi connectivity index (χ4v) is 6.78. The molecule has 1 aromatic heterocycles. The quantitative estimate of drug-likeness (QED) is 0.0476. The van der Waals surface area contributed by atoms with Crippen LogP contribution in [-0.4, -0.2) is 83.6 Å². The number of aromatic nitrogens is 1. The smallest absolute Gasteiger partial charge is 0.363 e. The Morgan fingerprint density at radius 1 is 1.00 bits per heavy atom. The molecule has 3 rings (SSSR count). The fraction of sp³-hybridized carbons (Fsp3) is 0.639. The molecular weight excluding hydrogens is 727 g/mol. The summed E-state index contributed by atoms with van der Waals surface area (Å²) < 4.78 is 85.5. The summed E-state index contributed by atoms with van der Waals surface area (Å²) in [5, 5.41) is 4.15. The molecule has 1 fully saturated rings. The third-order valence-corrected chi connectivity index (χ3v) is 10.1. The van der Waals surface area contributed by atoms with Gasteiger partial charge in [0.05, 0.1) is 12.6 Å². The number of nitrogens with one attached hydrogen (secondary N) is 1. The maximum Gasteiger partial charge on any atom is 0.363 e. The van der Waals surface area contributed by atoms with E-state index in [0.29, 0.717) is 19.4 Å². The maximum atomic E-state index is 14.6. The molecule has 11 nitrogen and oxygen atoms in total. The molecule has 53 heavy (non-hydrogen) atoms. The van der Waals surface area contributed by atoms with Crippen LogP contribution < -0.4 is 10.1 Å². The highest BCUT2D eigenvalue weighted by molar-refractivity contribution is 7.09. The van der Waals surface area contributed by atoms with Gasteiger partial charge in [-0.05, 0) is 44.2 Å². The van der Waals surface area contributed by atoms with Crippen molar-refractivity contribution in [3.63, 3.8) is 0 Å². The summed E-state index contributed by atoms with van der Waals surface area (Å²) in [6.45, 7) is 13.4. The Morgan fingerprint density at radius 3 is 2.17 bits per heavy atom. The third kappa shape index (κ3) is 11.2. The highest BCUT2D eigenvalue weighted by atomic mass is 32.1. The van der Waals surface area contributed by atoms with Crippen LogP contribution in [0.5, 0.6) is 5.75 Å². The van der Waals surface area contributed by atoms with Gasteiger partial charge in [0.2, 0.25) is 46.6 Å². The van der Waals surface area contributed by atoms with E-state index in [9.17, 15) is 41.1 Å². The lowest BCUT2D eigenvalue weighted by Gasteiger charge is -2.40. The number of amides is 2. The molecule has 1 saturated heterocycles. The largest absolute Gasteiger partial charge is 0.455 e. The van der Waals surface area contributed by atoms with Crippen molar-refractivity contribution in [3.8, 4) is 5.75 Å². The minimum absolute atomic E-state index is 0.0258. The minimum atomic E-state index is -2.42. The fourth-order valence-electron chi connectivity index (χ4n) is 5.95. The number of nitrogens with zero attached hydrogens (tertiary/aromatic N) is 3. The Balaban J connectivity index is 1.97. The van der Waals surface area contributed by atoms with Crippen molar-refractivity contribution in [2.75, 3.05) is 26.9 Å². The Labute approximate surface area is 310 Å². The van der Waals surface area contributed by atoms with Crippen LogP contribution in [-0.2, 0) is 23.9 Å². The first-order chi connectivity index (χ1) is 24.9. The van der Waals surface area contributed by atoms with Crippen molar-refractivity contribution in [1.29, 1.82) is 0 Å². The van der Waals surface area contributed by atoms with Crippen molar-refractivity contribution in [2.45, 2.75) is 105 Å². The van der Waals surface area contributed by atoms with Gasteiger partial charge < -0.3 is 24.4 Å². The summed E-state index contributed by atoms with van der Waals surface area (Å²) in [7, 11) is 1.88. The topological polar surface area (TPSA) is 127 Å². The molecule has 0 bridgehead atoms. The highest BCUT2D eigenvalue weighted by Gasteiger charge is 2.39. The second-order valence-corrected chi connectivity index (χ2v) is 15.0.